The summed E-state index contributed by atoms with van der Waals surface area (Å²) in [5.41, 5.74) is 12.8. The fourth-order valence-corrected chi connectivity index (χ4v) is 3.60. The number of benzene rings is 3. The van der Waals surface area contributed by atoms with Crippen molar-refractivity contribution in [1.29, 1.82) is 0 Å². The largest absolute Gasteiger partial charge is 0.469 e. The number of furan rings is 1. The molecule has 152 valence electrons. The standard InChI is InChI=1S/C25H24N2O3/c1-29-24(28)14-20-6-2-3-8-23(20)27-16-18-12-21-9-10-30-25(21)22(13-18)19-7-4-5-17(11-19)15-26/h2-13,27H,14-16,26H2,1H3. The Kier molecular flexibility index (Phi) is 5.82. The first-order chi connectivity index (χ1) is 14.7. The van der Waals surface area contributed by atoms with Gasteiger partial charge in [0.2, 0.25) is 0 Å². The van der Waals surface area contributed by atoms with E-state index in [1.807, 2.05) is 42.5 Å². The molecule has 0 saturated carbocycles. The molecule has 30 heavy (non-hydrogen) atoms. The zero-order valence-corrected chi connectivity index (χ0v) is 16.9. The number of carbonyl (C=O) groups is 1. The van der Waals surface area contributed by atoms with Crippen molar-refractivity contribution in [3.63, 3.8) is 0 Å². The Hall–Kier alpha value is -3.57. The minimum absolute atomic E-state index is 0.234. The first-order valence-electron chi connectivity index (χ1n) is 9.86. The lowest BCUT2D eigenvalue weighted by atomic mass is 9.98. The highest BCUT2D eigenvalue weighted by Gasteiger charge is 2.12. The molecule has 5 nitrogen and oxygen atoms in total. The third-order valence-corrected chi connectivity index (χ3v) is 5.15. The van der Waals surface area contributed by atoms with Crippen LogP contribution in [0, 0.1) is 0 Å². The number of ether oxygens (including phenoxy) is 1. The number of fused-ring (bicyclic) bond motifs is 1. The lowest BCUT2D eigenvalue weighted by molar-refractivity contribution is -0.139. The van der Waals surface area contributed by atoms with Gasteiger partial charge in [-0.05, 0) is 52.6 Å². The number of para-hydroxylation sites is 1. The number of anilines is 1. The third-order valence-electron chi connectivity index (χ3n) is 5.15. The molecule has 3 N–H and O–H groups in total. The Bertz CT molecular complexity index is 1180. The predicted molar refractivity (Wildman–Crippen MR) is 119 cm³/mol. The Balaban J connectivity index is 1.64. The monoisotopic (exact) mass is 400 g/mol. The molecule has 0 radical (unpaired) electrons. The van der Waals surface area contributed by atoms with Gasteiger partial charge in [-0.1, -0.05) is 36.4 Å². The van der Waals surface area contributed by atoms with E-state index in [9.17, 15) is 4.79 Å². The van der Waals surface area contributed by atoms with E-state index in [0.29, 0.717) is 13.1 Å². The van der Waals surface area contributed by atoms with E-state index in [1.54, 1.807) is 6.26 Å². The van der Waals surface area contributed by atoms with Gasteiger partial charge in [-0.15, -0.1) is 0 Å². The number of nitrogens with two attached hydrogens (primary N) is 1. The summed E-state index contributed by atoms with van der Waals surface area (Å²) in [7, 11) is 1.40. The van der Waals surface area contributed by atoms with Gasteiger partial charge in [0, 0.05) is 29.7 Å². The van der Waals surface area contributed by atoms with E-state index in [-0.39, 0.29) is 12.4 Å². The van der Waals surface area contributed by atoms with Gasteiger partial charge in [0.25, 0.3) is 0 Å². The second-order valence-corrected chi connectivity index (χ2v) is 7.15. The van der Waals surface area contributed by atoms with Crippen molar-refractivity contribution in [1.82, 2.24) is 0 Å². The Morgan fingerprint density at radius 1 is 1.03 bits per heavy atom. The molecule has 0 aliphatic carbocycles. The van der Waals surface area contributed by atoms with Gasteiger partial charge >= 0.3 is 5.97 Å². The summed E-state index contributed by atoms with van der Waals surface area (Å²) in [6.07, 6.45) is 1.95. The summed E-state index contributed by atoms with van der Waals surface area (Å²) in [5.74, 6) is -0.258. The summed E-state index contributed by atoms with van der Waals surface area (Å²) in [6.45, 7) is 1.11. The number of hydrogen-bond donors (Lipinski definition) is 2. The minimum Gasteiger partial charge on any atom is -0.469 e. The molecule has 4 aromatic rings. The van der Waals surface area contributed by atoms with Crippen LogP contribution in [0.3, 0.4) is 0 Å². The Morgan fingerprint density at radius 2 is 1.90 bits per heavy atom. The molecular weight excluding hydrogens is 376 g/mol. The predicted octanol–water partition coefficient (Wildman–Crippen LogP) is 4.89. The highest BCUT2D eigenvalue weighted by molar-refractivity contribution is 5.93. The van der Waals surface area contributed by atoms with Gasteiger partial charge in [-0.25, -0.2) is 0 Å². The van der Waals surface area contributed by atoms with Crippen LogP contribution in [0.1, 0.15) is 16.7 Å². The second kappa shape index (κ2) is 8.84. The highest BCUT2D eigenvalue weighted by Crippen LogP contribution is 2.32. The maximum atomic E-state index is 11.7. The molecule has 0 aliphatic rings. The van der Waals surface area contributed by atoms with Crippen LogP contribution in [0.15, 0.2) is 77.4 Å². The van der Waals surface area contributed by atoms with E-state index in [4.69, 9.17) is 14.9 Å². The molecule has 0 atom stereocenters. The second-order valence-electron chi connectivity index (χ2n) is 7.15. The maximum absolute atomic E-state index is 11.7. The molecule has 4 rings (SSSR count). The molecule has 1 heterocycles. The van der Waals surface area contributed by atoms with Gasteiger partial charge in [0.1, 0.15) is 5.58 Å². The normalized spacial score (nSPS) is 10.9. The average Bonchev–Trinajstić information content (AvgIpc) is 3.26. The first-order valence-corrected chi connectivity index (χ1v) is 9.86. The summed E-state index contributed by atoms with van der Waals surface area (Å²) >= 11 is 0. The van der Waals surface area contributed by atoms with Crippen LogP contribution in [0.2, 0.25) is 0 Å². The zero-order chi connectivity index (χ0) is 20.9. The lowest BCUT2D eigenvalue weighted by Gasteiger charge is -2.13. The van der Waals surface area contributed by atoms with E-state index < -0.39 is 0 Å². The molecule has 0 saturated heterocycles. The van der Waals surface area contributed by atoms with Crippen molar-refractivity contribution in [3.05, 3.63) is 89.7 Å². The number of rotatable bonds is 7. The van der Waals surface area contributed by atoms with Crippen LogP contribution < -0.4 is 11.1 Å². The van der Waals surface area contributed by atoms with Crippen LogP contribution in [-0.2, 0) is 29.0 Å². The molecule has 1 aromatic heterocycles. The van der Waals surface area contributed by atoms with Gasteiger partial charge in [0.05, 0.1) is 19.8 Å². The summed E-state index contributed by atoms with van der Waals surface area (Å²) < 4.78 is 10.6. The van der Waals surface area contributed by atoms with Gasteiger partial charge < -0.3 is 20.2 Å². The highest BCUT2D eigenvalue weighted by atomic mass is 16.5. The van der Waals surface area contributed by atoms with Crippen LogP contribution in [0.4, 0.5) is 5.69 Å². The molecule has 5 heteroatoms. The van der Waals surface area contributed by atoms with Crippen molar-refractivity contribution in [2.75, 3.05) is 12.4 Å². The minimum atomic E-state index is -0.258. The van der Waals surface area contributed by atoms with E-state index >= 15 is 0 Å². The molecule has 0 amide bonds. The number of esters is 1. The molecule has 0 fully saturated rings. The van der Waals surface area contributed by atoms with Gasteiger partial charge in [-0.3, -0.25) is 4.79 Å². The van der Waals surface area contributed by atoms with Gasteiger partial charge in [-0.2, -0.15) is 0 Å². The summed E-state index contributed by atoms with van der Waals surface area (Å²) in [5, 5.41) is 4.51. The first kappa shape index (κ1) is 19.7. The zero-order valence-electron chi connectivity index (χ0n) is 16.9. The van der Waals surface area contributed by atoms with E-state index in [0.717, 1.165) is 44.5 Å². The molecular formula is C25H24N2O3. The number of carbonyl (C=O) groups excluding carboxylic acids is 1. The van der Waals surface area contributed by atoms with Crippen molar-refractivity contribution in [2.45, 2.75) is 19.5 Å². The van der Waals surface area contributed by atoms with Crippen LogP contribution >= 0.6 is 0 Å². The maximum Gasteiger partial charge on any atom is 0.310 e. The van der Waals surface area contributed by atoms with Crippen LogP contribution in [0.5, 0.6) is 0 Å². The smallest absolute Gasteiger partial charge is 0.310 e. The van der Waals surface area contributed by atoms with Crippen molar-refractivity contribution in [3.8, 4) is 11.1 Å². The van der Waals surface area contributed by atoms with Crippen LogP contribution in [-0.4, -0.2) is 13.1 Å². The SMILES string of the molecule is COC(=O)Cc1ccccc1NCc1cc(-c2cccc(CN)c2)c2occc2c1. The van der Waals surface area contributed by atoms with Crippen LogP contribution in [0.25, 0.3) is 22.1 Å². The fourth-order valence-electron chi connectivity index (χ4n) is 3.60. The van der Waals surface area contributed by atoms with Gasteiger partial charge in [0.15, 0.2) is 0 Å². The average molecular weight is 400 g/mol. The quantitative estimate of drug-likeness (QED) is 0.432. The van der Waals surface area contributed by atoms with Crippen molar-refractivity contribution in [2.24, 2.45) is 5.73 Å². The lowest BCUT2D eigenvalue weighted by Crippen LogP contribution is -2.08. The molecule has 3 aromatic carbocycles. The summed E-state index contributed by atoms with van der Waals surface area (Å²) in [4.78, 5) is 11.7. The fraction of sp³-hybridized carbons (Fsp3) is 0.160. The Morgan fingerprint density at radius 3 is 2.73 bits per heavy atom. The molecule has 0 bridgehead atoms. The molecule has 0 unspecified atom stereocenters. The van der Waals surface area contributed by atoms with E-state index in [2.05, 4.69) is 29.6 Å². The number of hydrogen-bond acceptors (Lipinski definition) is 5. The summed E-state index contributed by atoms with van der Waals surface area (Å²) in [6, 6.07) is 22.2. The van der Waals surface area contributed by atoms with E-state index in [1.165, 1.54) is 7.11 Å². The Labute approximate surface area is 175 Å². The van der Waals surface area contributed by atoms with Crippen molar-refractivity contribution < 1.29 is 13.9 Å². The molecule has 0 aliphatic heterocycles. The van der Waals surface area contributed by atoms with Crippen molar-refractivity contribution >= 4 is 22.6 Å². The number of nitrogens with one attached hydrogen (secondary N) is 1. The molecule has 0 spiro atoms. The third kappa shape index (κ3) is 4.21. The topological polar surface area (TPSA) is 77.5 Å². The number of methoxy groups -OCH3 is 1.